The van der Waals surface area contributed by atoms with Crippen molar-refractivity contribution in [3.63, 3.8) is 0 Å². The predicted molar refractivity (Wildman–Crippen MR) is 56.0 cm³/mol. The summed E-state index contributed by atoms with van der Waals surface area (Å²) in [6, 6.07) is 0. The van der Waals surface area contributed by atoms with E-state index >= 15 is 0 Å². The summed E-state index contributed by atoms with van der Waals surface area (Å²) in [6.45, 7) is 2.23. The van der Waals surface area contributed by atoms with E-state index in [-0.39, 0.29) is 0 Å². The summed E-state index contributed by atoms with van der Waals surface area (Å²) in [5.41, 5.74) is 0. The van der Waals surface area contributed by atoms with Gasteiger partial charge in [-0.2, -0.15) is 0 Å². The van der Waals surface area contributed by atoms with Gasteiger partial charge in [0.05, 0.1) is 0 Å². The minimum atomic E-state index is 1.06. The molecule has 0 aromatic heterocycles. The van der Waals surface area contributed by atoms with Crippen LogP contribution in [0, 0.1) is 0 Å². The lowest BCUT2D eigenvalue weighted by Crippen LogP contribution is -1.97. The molecule has 0 aromatic carbocycles. The van der Waals surface area contributed by atoms with E-state index in [1.807, 2.05) is 6.08 Å². The minimum absolute atomic E-state index is 1.06. The summed E-state index contributed by atoms with van der Waals surface area (Å²) in [5.74, 6) is 0. The second-order valence-electron chi connectivity index (χ2n) is 3.21. The lowest BCUT2D eigenvalue weighted by molar-refractivity contribution is 0.550. The third-order valence-electron chi connectivity index (χ3n) is 1.98. The number of allylic oxidation sites excluding steroid dienone is 1. The summed E-state index contributed by atoms with van der Waals surface area (Å²) in [6.07, 6.45) is 14.2. The molecule has 13 heavy (non-hydrogen) atoms. The number of rotatable bonds is 9. The van der Waals surface area contributed by atoms with Crippen molar-refractivity contribution in [2.45, 2.75) is 51.9 Å². The summed E-state index contributed by atoms with van der Waals surface area (Å²) in [5, 5.41) is 2.37. The number of unbranched alkanes of at least 4 members (excludes halogenated alkanes) is 6. The van der Waals surface area contributed by atoms with Gasteiger partial charge in [-0.1, -0.05) is 45.1 Å². The van der Waals surface area contributed by atoms with Gasteiger partial charge in [0.15, 0.2) is 0 Å². The first-order valence-electron chi connectivity index (χ1n) is 5.19. The molecule has 0 atom stereocenters. The molecule has 0 heterocycles. The van der Waals surface area contributed by atoms with E-state index in [1.165, 1.54) is 38.5 Å². The van der Waals surface area contributed by atoms with Crippen molar-refractivity contribution >= 4 is 6.41 Å². The van der Waals surface area contributed by atoms with Crippen LogP contribution in [0.1, 0.15) is 51.9 Å². The minimum Gasteiger partial charge on any atom is -0.325 e. The Kier molecular flexibility index (Phi) is 10.5. The average Bonchev–Trinajstić information content (AvgIpc) is 2.16. The first kappa shape index (κ1) is 12.2. The Morgan fingerprint density at radius 2 is 1.85 bits per heavy atom. The third kappa shape index (κ3) is 11.2. The zero-order valence-corrected chi connectivity index (χ0v) is 8.51. The van der Waals surface area contributed by atoms with Crippen LogP contribution >= 0.6 is 0 Å². The van der Waals surface area contributed by atoms with Crippen LogP contribution in [0.15, 0.2) is 12.3 Å². The van der Waals surface area contributed by atoms with Crippen molar-refractivity contribution in [3.8, 4) is 0 Å². The fourth-order valence-corrected chi connectivity index (χ4v) is 1.22. The molecule has 2 nitrogen and oxygen atoms in total. The Morgan fingerprint density at radius 1 is 1.15 bits per heavy atom. The Labute approximate surface area is 81.4 Å². The molecule has 0 aliphatic carbocycles. The topological polar surface area (TPSA) is 29.1 Å². The van der Waals surface area contributed by atoms with Crippen LogP contribution in [0.5, 0.6) is 0 Å². The summed E-state index contributed by atoms with van der Waals surface area (Å²) < 4.78 is 0. The van der Waals surface area contributed by atoms with E-state index in [9.17, 15) is 4.79 Å². The normalized spacial score (nSPS) is 10.5. The number of hydrogen-bond acceptors (Lipinski definition) is 1. The SMILES string of the molecule is CCCCCCCCC=CN[C]=O. The maximum absolute atomic E-state index is 9.72. The van der Waals surface area contributed by atoms with E-state index in [2.05, 4.69) is 12.2 Å². The van der Waals surface area contributed by atoms with Crippen LogP contribution < -0.4 is 5.32 Å². The van der Waals surface area contributed by atoms with E-state index in [0.29, 0.717) is 0 Å². The lowest BCUT2D eigenvalue weighted by Gasteiger charge is -1.97. The van der Waals surface area contributed by atoms with Crippen LogP contribution in [0.2, 0.25) is 0 Å². The number of nitrogens with one attached hydrogen (secondary N) is 1. The van der Waals surface area contributed by atoms with Gasteiger partial charge in [0, 0.05) is 6.20 Å². The molecule has 0 saturated heterocycles. The van der Waals surface area contributed by atoms with Gasteiger partial charge < -0.3 is 5.32 Å². The maximum atomic E-state index is 9.72. The molecule has 0 saturated carbocycles. The van der Waals surface area contributed by atoms with Crippen LogP contribution in [-0.2, 0) is 4.79 Å². The van der Waals surface area contributed by atoms with E-state index in [4.69, 9.17) is 0 Å². The molecule has 0 fully saturated rings. The second kappa shape index (κ2) is 11.2. The van der Waals surface area contributed by atoms with E-state index in [1.54, 1.807) is 12.6 Å². The highest BCUT2D eigenvalue weighted by Gasteiger charge is 1.87. The Hall–Kier alpha value is -0.790. The van der Waals surface area contributed by atoms with Crippen LogP contribution in [-0.4, -0.2) is 6.41 Å². The molecule has 1 N–H and O–H groups in total. The Morgan fingerprint density at radius 3 is 2.54 bits per heavy atom. The first-order valence-corrected chi connectivity index (χ1v) is 5.19. The fourth-order valence-electron chi connectivity index (χ4n) is 1.22. The van der Waals surface area contributed by atoms with Gasteiger partial charge in [0.25, 0.3) is 0 Å². The molecular formula is C11H20NO. The van der Waals surface area contributed by atoms with E-state index in [0.717, 1.165) is 6.42 Å². The van der Waals surface area contributed by atoms with Gasteiger partial charge in [-0.15, -0.1) is 0 Å². The standard InChI is InChI=1S/C11H20NO/c1-2-3-4-5-6-7-8-9-10-12-11-13/h9-10H,2-8H2,1H3,(H,12,13). The largest absolute Gasteiger partial charge is 0.325 e. The number of hydrogen-bond donors (Lipinski definition) is 1. The second-order valence-corrected chi connectivity index (χ2v) is 3.21. The molecule has 0 aliphatic rings. The van der Waals surface area contributed by atoms with Crippen molar-refractivity contribution in [2.24, 2.45) is 0 Å². The summed E-state index contributed by atoms with van der Waals surface area (Å²) >= 11 is 0. The molecule has 0 rings (SSSR count). The first-order chi connectivity index (χ1) is 6.41. The Balaban J connectivity index is 2.94. The van der Waals surface area contributed by atoms with Gasteiger partial charge in [-0.25, -0.2) is 0 Å². The molecule has 0 unspecified atom stereocenters. The zero-order chi connectivity index (χ0) is 9.78. The molecule has 0 spiro atoms. The van der Waals surface area contributed by atoms with Crippen molar-refractivity contribution in [1.29, 1.82) is 0 Å². The molecule has 0 aliphatic heterocycles. The highest BCUT2D eigenvalue weighted by Crippen LogP contribution is 2.06. The highest BCUT2D eigenvalue weighted by atomic mass is 16.1. The molecule has 0 aromatic rings. The quantitative estimate of drug-likeness (QED) is 0.431. The zero-order valence-electron chi connectivity index (χ0n) is 8.51. The fraction of sp³-hybridized carbons (Fsp3) is 0.727. The van der Waals surface area contributed by atoms with Crippen molar-refractivity contribution in [3.05, 3.63) is 12.3 Å². The molecule has 75 valence electrons. The highest BCUT2D eigenvalue weighted by molar-refractivity contribution is 5.48. The van der Waals surface area contributed by atoms with Crippen molar-refractivity contribution in [2.75, 3.05) is 0 Å². The summed E-state index contributed by atoms with van der Waals surface area (Å²) in [7, 11) is 0. The molecule has 2 heteroatoms. The van der Waals surface area contributed by atoms with Gasteiger partial charge in [0.2, 0.25) is 0 Å². The number of carbonyl (C=O) groups excluding carboxylic acids is 1. The lowest BCUT2D eigenvalue weighted by atomic mass is 10.1. The predicted octanol–water partition coefficient (Wildman–Crippen LogP) is 2.91. The van der Waals surface area contributed by atoms with Crippen LogP contribution in [0.3, 0.4) is 0 Å². The molecule has 1 radical (unpaired) electrons. The molecule has 0 bridgehead atoms. The van der Waals surface area contributed by atoms with Gasteiger partial charge in [0.1, 0.15) is 0 Å². The van der Waals surface area contributed by atoms with Gasteiger partial charge in [-0.3, -0.25) is 4.79 Å². The monoisotopic (exact) mass is 182 g/mol. The summed E-state index contributed by atoms with van der Waals surface area (Å²) in [4.78, 5) is 9.72. The van der Waals surface area contributed by atoms with Crippen LogP contribution in [0.25, 0.3) is 0 Å². The molecule has 1 amide bonds. The Bertz CT molecular complexity index is 132. The molecular weight excluding hydrogens is 162 g/mol. The smallest absolute Gasteiger partial charge is 0.313 e. The average molecular weight is 182 g/mol. The third-order valence-corrected chi connectivity index (χ3v) is 1.98. The number of amides is 1. The van der Waals surface area contributed by atoms with Crippen molar-refractivity contribution < 1.29 is 4.79 Å². The van der Waals surface area contributed by atoms with Gasteiger partial charge >= 0.3 is 6.41 Å². The maximum Gasteiger partial charge on any atom is 0.313 e. The van der Waals surface area contributed by atoms with Crippen molar-refractivity contribution in [1.82, 2.24) is 5.32 Å². The van der Waals surface area contributed by atoms with E-state index < -0.39 is 0 Å². The van der Waals surface area contributed by atoms with Gasteiger partial charge in [-0.05, 0) is 12.8 Å². The van der Waals surface area contributed by atoms with Crippen LogP contribution in [0.4, 0.5) is 0 Å².